The van der Waals surface area contributed by atoms with Gasteiger partial charge in [0.15, 0.2) is 0 Å². The minimum absolute atomic E-state index is 0.229. The zero-order chi connectivity index (χ0) is 13.8. The van der Waals surface area contributed by atoms with E-state index in [4.69, 9.17) is 9.84 Å². The zero-order valence-electron chi connectivity index (χ0n) is 10.8. The molecule has 0 saturated carbocycles. The first-order valence-electron chi connectivity index (χ1n) is 6.40. The Labute approximate surface area is 111 Å². The highest BCUT2D eigenvalue weighted by Crippen LogP contribution is 2.21. The SMILES string of the molecule is CCOc1ccc(C(=O)N2CCC[C@@H]2C(=O)O)cc1. The van der Waals surface area contributed by atoms with Crippen molar-refractivity contribution in [2.24, 2.45) is 0 Å². The van der Waals surface area contributed by atoms with Crippen LogP contribution in [0.5, 0.6) is 5.75 Å². The number of likely N-dealkylation sites (tertiary alicyclic amines) is 1. The van der Waals surface area contributed by atoms with Crippen molar-refractivity contribution >= 4 is 11.9 Å². The number of nitrogens with zero attached hydrogens (tertiary/aromatic N) is 1. The lowest BCUT2D eigenvalue weighted by Crippen LogP contribution is -2.40. The number of ether oxygens (including phenoxy) is 1. The predicted octanol–water partition coefficient (Wildman–Crippen LogP) is 1.77. The molecule has 5 nitrogen and oxygen atoms in total. The van der Waals surface area contributed by atoms with Crippen molar-refractivity contribution in [2.75, 3.05) is 13.2 Å². The topological polar surface area (TPSA) is 66.8 Å². The summed E-state index contributed by atoms with van der Waals surface area (Å²) in [4.78, 5) is 24.8. The van der Waals surface area contributed by atoms with Crippen molar-refractivity contribution in [2.45, 2.75) is 25.8 Å². The van der Waals surface area contributed by atoms with Gasteiger partial charge in [-0.1, -0.05) is 0 Å². The van der Waals surface area contributed by atoms with Crippen LogP contribution in [-0.2, 0) is 4.79 Å². The molecule has 102 valence electrons. The van der Waals surface area contributed by atoms with E-state index in [2.05, 4.69) is 0 Å². The molecule has 1 saturated heterocycles. The first-order chi connectivity index (χ1) is 9.13. The summed E-state index contributed by atoms with van der Waals surface area (Å²) in [5.41, 5.74) is 0.497. The fraction of sp³-hybridized carbons (Fsp3) is 0.429. The molecule has 1 aliphatic heterocycles. The summed E-state index contributed by atoms with van der Waals surface area (Å²) in [6.07, 6.45) is 1.26. The number of carboxylic acid groups (broad SMARTS) is 1. The monoisotopic (exact) mass is 263 g/mol. The van der Waals surface area contributed by atoms with Crippen molar-refractivity contribution in [1.82, 2.24) is 4.90 Å². The Morgan fingerprint density at radius 1 is 1.37 bits per heavy atom. The highest BCUT2D eigenvalue weighted by atomic mass is 16.5. The summed E-state index contributed by atoms with van der Waals surface area (Å²) in [5.74, 6) is -0.458. The molecule has 1 N–H and O–H groups in total. The number of carbonyl (C=O) groups excluding carboxylic acids is 1. The Kier molecular flexibility index (Phi) is 4.04. The van der Waals surface area contributed by atoms with Crippen LogP contribution in [0.2, 0.25) is 0 Å². The van der Waals surface area contributed by atoms with Gasteiger partial charge in [0.05, 0.1) is 6.61 Å². The highest BCUT2D eigenvalue weighted by Gasteiger charge is 2.34. The Hall–Kier alpha value is -2.04. The Morgan fingerprint density at radius 3 is 2.63 bits per heavy atom. The molecule has 0 spiro atoms. The van der Waals surface area contributed by atoms with Crippen LogP contribution in [0, 0.1) is 0 Å². The molecule has 0 aliphatic carbocycles. The number of rotatable bonds is 4. The van der Waals surface area contributed by atoms with Crippen molar-refractivity contribution in [3.05, 3.63) is 29.8 Å². The van der Waals surface area contributed by atoms with Gasteiger partial charge >= 0.3 is 5.97 Å². The molecule has 1 aromatic rings. The molecule has 1 heterocycles. The third-order valence-corrected chi connectivity index (χ3v) is 3.21. The second kappa shape index (κ2) is 5.73. The van der Waals surface area contributed by atoms with Crippen LogP contribution in [0.25, 0.3) is 0 Å². The van der Waals surface area contributed by atoms with E-state index >= 15 is 0 Å². The average molecular weight is 263 g/mol. The average Bonchev–Trinajstić information content (AvgIpc) is 2.88. The van der Waals surface area contributed by atoms with Gasteiger partial charge in [-0.3, -0.25) is 4.79 Å². The number of hydrogen-bond donors (Lipinski definition) is 1. The maximum Gasteiger partial charge on any atom is 0.326 e. The lowest BCUT2D eigenvalue weighted by Gasteiger charge is -2.21. The summed E-state index contributed by atoms with van der Waals surface area (Å²) in [6, 6.07) is 6.10. The first-order valence-corrected chi connectivity index (χ1v) is 6.40. The molecule has 5 heteroatoms. The van der Waals surface area contributed by atoms with Gasteiger partial charge < -0.3 is 14.7 Å². The Balaban J connectivity index is 2.12. The van der Waals surface area contributed by atoms with Gasteiger partial charge in [0.25, 0.3) is 5.91 Å². The molecule has 1 amide bonds. The summed E-state index contributed by atoms with van der Waals surface area (Å²) in [7, 11) is 0. The van der Waals surface area contributed by atoms with Gasteiger partial charge in [0.1, 0.15) is 11.8 Å². The van der Waals surface area contributed by atoms with E-state index in [1.54, 1.807) is 24.3 Å². The van der Waals surface area contributed by atoms with E-state index in [1.165, 1.54) is 4.90 Å². The van der Waals surface area contributed by atoms with Crippen LogP contribution < -0.4 is 4.74 Å². The van der Waals surface area contributed by atoms with Gasteiger partial charge in [-0.2, -0.15) is 0 Å². The summed E-state index contributed by atoms with van der Waals surface area (Å²) in [6.45, 7) is 2.96. The van der Waals surface area contributed by atoms with Crippen LogP contribution in [0.4, 0.5) is 0 Å². The third-order valence-electron chi connectivity index (χ3n) is 3.21. The Bertz CT molecular complexity index is 469. The highest BCUT2D eigenvalue weighted by molar-refractivity contribution is 5.97. The summed E-state index contributed by atoms with van der Waals surface area (Å²) in [5, 5.41) is 9.08. The van der Waals surface area contributed by atoms with E-state index in [0.29, 0.717) is 30.9 Å². The van der Waals surface area contributed by atoms with Crippen LogP contribution in [-0.4, -0.2) is 41.1 Å². The van der Waals surface area contributed by atoms with Gasteiger partial charge in [0, 0.05) is 12.1 Å². The number of carboxylic acids is 1. The van der Waals surface area contributed by atoms with Crippen LogP contribution >= 0.6 is 0 Å². The second-order valence-corrected chi connectivity index (χ2v) is 4.45. The molecular weight excluding hydrogens is 246 g/mol. The molecule has 1 fully saturated rings. The number of hydrogen-bond acceptors (Lipinski definition) is 3. The molecule has 0 unspecified atom stereocenters. The van der Waals surface area contributed by atoms with Crippen LogP contribution in [0.1, 0.15) is 30.1 Å². The molecule has 0 radical (unpaired) electrons. The predicted molar refractivity (Wildman–Crippen MR) is 69.3 cm³/mol. The first kappa shape index (κ1) is 13.4. The smallest absolute Gasteiger partial charge is 0.326 e. The van der Waals surface area contributed by atoms with Gasteiger partial charge in [-0.05, 0) is 44.0 Å². The Morgan fingerprint density at radius 2 is 2.05 bits per heavy atom. The second-order valence-electron chi connectivity index (χ2n) is 4.45. The minimum atomic E-state index is -0.934. The van der Waals surface area contributed by atoms with Crippen LogP contribution in [0.3, 0.4) is 0 Å². The van der Waals surface area contributed by atoms with E-state index < -0.39 is 12.0 Å². The summed E-state index contributed by atoms with van der Waals surface area (Å²) < 4.78 is 5.31. The molecule has 0 bridgehead atoms. The fourth-order valence-corrected chi connectivity index (χ4v) is 2.29. The molecular formula is C14H17NO4. The van der Waals surface area contributed by atoms with E-state index in [9.17, 15) is 9.59 Å². The van der Waals surface area contributed by atoms with Gasteiger partial charge in [-0.15, -0.1) is 0 Å². The largest absolute Gasteiger partial charge is 0.494 e. The molecule has 1 aliphatic rings. The van der Waals surface area contributed by atoms with Gasteiger partial charge in [0.2, 0.25) is 0 Å². The maximum absolute atomic E-state index is 12.3. The molecule has 0 aromatic heterocycles. The lowest BCUT2D eigenvalue weighted by molar-refractivity contribution is -0.141. The molecule has 1 atom stereocenters. The maximum atomic E-state index is 12.3. The van der Waals surface area contributed by atoms with E-state index in [-0.39, 0.29) is 5.91 Å². The van der Waals surface area contributed by atoms with Crippen LogP contribution in [0.15, 0.2) is 24.3 Å². The number of carbonyl (C=O) groups is 2. The number of aliphatic carboxylic acids is 1. The van der Waals surface area contributed by atoms with E-state index in [0.717, 1.165) is 6.42 Å². The number of benzene rings is 1. The van der Waals surface area contributed by atoms with Crippen molar-refractivity contribution < 1.29 is 19.4 Å². The molecule has 2 rings (SSSR count). The molecule has 1 aromatic carbocycles. The molecule has 19 heavy (non-hydrogen) atoms. The zero-order valence-corrected chi connectivity index (χ0v) is 10.8. The lowest BCUT2D eigenvalue weighted by atomic mass is 10.1. The van der Waals surface area contributed by atoms with Gasteiger partial charge in [-0.25, -0.2) is 4.79 Å². The summed E-state index contributed by atoms with van der Waals surface area (Å²) >= 11 is 0. The third kappa shape index (κ3) is 2.86. The van der Waals surface area contributed by atoms with Crippen molar-refractivity contribution in [3.8, 4) is 5.75 Å². The standard InChI is InChI=1S/C14H17NO4/c1-2-19-11-7-5-10(6-8-11)13(16)15-9-3-4-12(15)14(17)18/h5-8,12H,2-4,9H2,1H3,(H,17,18)/t12-/m1/s1. The minimum Gasteiger partial charge on any atom is -0.494 e. The van der Waals surface area contributed by atoms with Crippen molar-refractivity contribution in [3.63, 3.8) is 0 Å². The van der Waals surface area contributed by atoms with Crippen molar-refractivity contribution in [1.29, 1.82) is 0 Å². The normalized spacial score (nSPS) is 18.4. The van der Waals surface area contributed by atoms with E-state index in [1.807, 2.05) is 6.92 Å². The number of amides is 1. The quantitative estimate of drug-likeness (QED) is 0.899. The fourth-order valence-electron chi connectivity index (χ4n) is 2.29.